The Bertz CT molecular complexity index is 890. The van der Waals surface area contributed by atoms with E-state index in [1.54, 1.807) is 24.3 Å². The van der Waals surface area contributed by atoms with Crippen molar-refractivity contribution in [2.45, 2.75) is 13.0 Å². The summed E-state index contributed by atoms with van der Waals surface area (Å²) < 4.78 is 5.03. The first-order valence-electron chi connectivity index (χ1n) is 7.40. The van der Waals surface area contributed by atoms with Crippen LogP contribution in [0.3, 0.4) is 0 Å². The summed E-state index contributed by atoms with van der Waals surface area (Å²) in [7, 11) is 0. The van der Waals surface area contributed by atoms with E-state index in [9.17, 15) is 9.59 Å². The molecule has 0 radical (unpaired) electrons. The fourth-order valence-electron chi connectivity index (χ4n) is 1.82. The molecule has 0 aliphatic rings. The zero-order chi connectivity index (χ0) is 19.1. The molecule has 0 aliphatic carbocycles. The lowest BCUT2D eigenvalue weighted by Gasteiger charge is -2.12. The van der Waals surface area contributed by atoms with Gasteiger partial charge in [-0.15, -0.1) is 0 Å². The van der Waals surface area contributed by atoms with E-state index in [-0.39, 0.29) is 10.8 Å². The number of anilines is 1. The smallest absolute Gasteiger partial charge is 0.331 e. The monoisotopic (exact) mass is 389 g/mol. The average Bonchev–Trinajstić information content (AvgIpc) is 2.62. The van der Waals surface area contributed by atoms with Gasteiger partial charge >= 0.3 is 5.97 Å². The predicted octanol–water partition coefficient (Wildman–Crippen LogP) is 3.84. The van der Waals surface area contributed by atoms with Gasteiger partial charge in [-0.1, -0.05) is 35.3 Å². The molecule has 26 heavy (non-hydrogen) atoms. The number of nitrogens with one attached hydrogen (secondary N) is 1. The van der Waals surface area contributed by atoms with Gasteiger partial charge in [-0.2, -0.15) is 5.26 Å². The molecular weight excluding hydrogens is 377 g/mol. The highest BCUT2D eigenvalue weighted by Gasteiger charge is 2.18. The number of pyridine rings is 1. The van der Waals surface area contributed by atoms with E-state index in [4.69, 9.17) is 33.2 Å². The van der Waals surface area contributed by atoms with Crippen molar-refractivity contribution in [3.05, 3.63) is 63.8 Å². The van der Waals surface area contributed by atoms with E-state index in [1.165, 1.54) is 31.3 Å². The molecular formula is C18H13Cl2N3O3. The Hall–Kier alpha value is -2.88. The van der Waals surface area contributed by atoms with Gasteiger partial charge < -0.3 is 10.1 Å². The first-order valence-corrected chi connectivity index (χ1v) is 8.15. The lowest BCUT2D eigenvalue weighted by Crippen LogP contribution is -2.29. The number of halogens is 2. The van der Waals surface area contributed by atoms with Crippen molar-refractivity contribution >= 4 is 47.0 Å². The van der Waals surface area contributed by atoms with Gasteiger partial charge in [0.2, 0.25) is 0 Å². The molecule has 1 heterocycles. The Balaban J connectivity index is 1.91. The van der Waals surface area contributed by atoms with Gasteiger partial charge in [0, 0.05) is 12.3 Å². The Morgan fingerprint density at radius 2 is 2.00 bits per heavy atom. The van der Waals surface area contributed by atoms with Gasteiger partial charge in [0.05, 0.1) is 21.7 Å². The summed E-state index contributed by atoms with van der Waals surface area (Å²) in [4.78, 5) is 27.8. The Labute approximate surface area is 160 Å². The highest BCUT2D eigenvalue weighted by Crippen LogP contribution is 2.22. The number of carbonyl (C=O) groups is 2. The van der Waals surface area contributed by atoms with E-state index < -0.39 is 18.0 Å². The van der Waals surface area contributed by atoms with Crippen LogP contribution in [-0.2, 0) is 14.3 Å². The second kappa shape index (κ2) is 8.99. The molecule has 1 atom stereocenters. The van der Waals surface area contributed by atoms with Crippen molar-refractivity contribution in [3.8, 4) is 6.07 Å². The normalized spacial score (nSPS) is 11.6. The van der Waals surface area contributed by atoms with Crippen LogP contribution in [-0.4, -0.2) is 23.0 Å². The number of benzene rings is 1. The number of ether oxygens (including phenoxy) is 1. The third-order valence-corrected chi connectivity index (χ3v) is 3.66. The predicted molar refractivity (Wildman–Crippen MR) is 98.6 cm³/mol. The second-order valence-corrected chi connectivity index (χ2v) is 5.96. The van der Waals surface area contributed by atoms with Gasteiger partial charge in [0.25, 0.3) is 5.91 Å². The number of hydrogen-bond donors (Lipinski definition) is 1. The van der Waals surface area contributed by atoms with E-state index in [2.05, 4.69) is 10.3 Å². The van der Waals surface area contributed by atoms with E-state index in [0.717, 1.165) is 5.56 Å². The molecule has 0 fully saturated rings. The average molecular weight is 390 g/mol. The van der Waals surface area contributed by atoms with Crippen molar-refractivity contribution < 1.29 is 14.3 Å². The number of amides is 1. The summed E-state index contributed by atoms with van der Waals surface area (Å²) >= 11 is 11.7. The van der Waals surface area contributed by atoms with Crippen LogP contribution in [0.4, 0.5) is 5.82 Å². The maximum absolute atomic E-state index is 12.1. The number of hydrogen-bond acceptors (Lipinski definition) is 5. The third-order valence-electron chi connectivity index (χ3n) is 3.16. The van der Waals surface area contributed by atoms with Gasteiger partial charge in [0.15, 0.2) is 11.9 Å². The van der Waals surface area contributed by atoms with Crippen molar-refractivity contribution in [1.29, 1.82) is 5.26 Å². The lowest BCUT2D eigenvalue weighted by molar-refractivity contribution is -0.148. The van der Waals surface area contributed by atoms with Crippen LogP contribution in [0.2, 0.25) is 10.0 Å². The molecule has 0 bridgehead atoms. The van der Waals surface area contributed by atoms with Crippen LogP contribution >= 0.6 is 23.2 Å². The number of carbonyl (C=O) groups excluding carboxylic acids is 2. The zero-order valence-corrected chi connectivity index (χ0v) is 15.1. The van der Waals surface area contributed by atoms with E-state index in [0.29, 0.717) is 10.6 Å². The summed E-state index contributed by atoms with van der Waals surface area (Å²) in [5, 5.41) is 11.7. The second-order valence-electron chi connectivity index (χ2n) is 5.12. The minimum Gasteiger partial charge on any atom is -0.449 e. The molecule has 1 N–H and O–H groups in total. The van der Waals surface area contributed by atoms with Gasteiger partial charge in [-0.25, -0.2) is 9.78 Å². The number of rotatable bonds is 5. The molecule has 0 spiro atoms. The molecule has 1 amide bonds. The van der Waals surface area contributed by atoms with Crippen LogP contribution < -0.4 is 5.32 Å². The quantitative estimate of drug-likeness (QED) is 0.619. The lowest BCUT2D eigenvalue weighted by atomic mass is 10.1. The molecule has 2 rings (SSSR count). The van der Waals surface area contributed by atoms with Crippen LogP contribution in [0.25, 0.3) is 6.08 Å². The molecule has 0 aliphatic heterocycles. The maximum Gasteiger partial charge on any atom is 0.331 e. The number of nitrogens with zero attached hydrogens (tertiary/aromatic N) is 2. The van der Waals surface area contributed by atoms with Gasteiger partial charge in [0.1, 0.15) is 0 Å². The molecule has 2 aromatic rings. The highest BCUT2D eigenvalue weighted by atomic mass is 35.5. The van der Waals surface area contributed by atoms with Crippen molar-refractivity contribution in [2.75, 3.05) is 5.32 Å². The topological polar surface area (TPSA) is 92.1 Å². The zero-order valence-electron chi connectivity index (χ0n) is 13.6. The van der Waals surface area contributed by atoms with Crippen molar-refractivity contribution in [1.82, 2.24) is 4.98 Å². The molecule has 0 saturated carbocycles. The molecule has 0 saturated heterocycles. The fourth-order valence-corrected chi connectivity index (χ4v) is 2.25. The van der Waals surface area contributed by atoms with E-state index in [1.807, 2.05) is 6.07 Å². The summed E-state index contributed by atoms with van der Waals surface area (Å²) in [6.07, 6.45) is 2.99. The first kappa shape index (κ1) is 19.4. The van der Waals surface area contributed by atoms with Crippen LogP contribution in [0, 0.1) is 11.3 Å². The third kappa shape index (κ3) is 5.59. The summed E-state index contributed by atoms with van der Waals surface area (Å²) in [6.45, 7) is 1.42. The summed E-state index contributed by atoms with van der Waals surface area (Å²) in [5.41, 5.74) is 1.24. The van der Waals surface area contributed by atoms with Gasteiger partial charge in [-0.3, -0.25) is 4.79 Å². The number of aromatic nitrogens is 1. The Kier molecular flexibility index (Phi) is 6.73. The summed E-state index contributed by atoms with van der Waals surface area (Å²) in [5.74, 6) is -1.15. The number of nitriles is 1. The Morgan fingerprint density at radius 1 is 1.31 bits per heavy atom. The molecule has 1 aromatic carbocycles. The SMILES string of the molecule is C[C@@H](OC(=O)/C=C/c1ccc(C#N)cc1)C(=O)Nc1ncc(Cl)cc1Cl. The minimum atomic E-state index is -1.05. The van der Waals surface area contributed by atoms with Gasteiger partial charge in [-0.05, 0) is 36.8 Å². The van der Waals surface area contributed by atoms with Crippen molar-refractivity contribution in [3.63, 3.8) is 0 Å². The summed E-state index contributed by atoms with van der Waals surface area (Å²) in [6, 6.07) is 10.1. The maximum atomic E-state index is 12.1. The Morgan fingerprint density at radius 3 is 2.62 bits per heavy atom. The van der Waals surface area contributed by atoms with Crippen LogP contribution in [0.1, 0.15) is 18.1 Å². The standard InChI is InChI=1S/C18H13Cl2N3O3/c1-11(18(25)23-17-15(20)8-14(19)10-22-17)26-16(24)7-6-12-2-4-13(9-21)5-3-12/h2-8,10-11H,1H3,(H,22,23,25)/b7-6+/t11-/m1/s1. The molecule has 8 heteroatoms. The molecule has 1 aromatic heterocycles. The molecule has 132 valence electrons. The largest absolute Gasteiger partial charge is 0.449 e. The first-order chi connectivity index (χ1) is 12.4. The van der Waals surface area contributed by atoms with Crippen LogP contribution in [0.5, 0.6) is 0 Å². The minimum absolute atomic E-state index is 0.122. The van der Waals surface area contributed by atoms with E-state index >= 15 is 0 Å². The number of esters is 1. The van der Waals surface area contributed by atoms with Crippen LogP contribution in [0.15, 0.2) is 42.6 Å². The highest BCUT2D eigenvalue weighted by molar-refractivity contribution is 6.36. The molecule has 0 unspecified atom stereocenters. The molecule has 6 nitrogen and oxygen atoms in total. The van der Waals surface area contributed by atoms with Crippen molar-refractivity contribution in [2.24, 2.45) is 0 Å². The fraction of sp³-hybridized carbons (Fsp3) is 0.111.